The van der Waals surface area contributed by atoms with E-state index < -0.39 is 0 Å². The van der Waals surface area contributed by atoms with Crippen LogP contribution in [0.1, 0.15) is 27.7 Å². The topological polar surface area (TPSA) is 25.8 Å². The van der Waals surface area contributed by atoms with Crippen molar-refractivity contribution >= 4 is 21.5 Å². The van der Waals surface area contributed by atoms with Crippen LogP contribution in [0.5, 0.6) is 0 Å². The highest BCUT2D eigenvalue weighted by Gasteiger charge is 2.03. The van der Waals surface area contributed by atoms with E-state index in [-0.39, 0.29) is 0 Å². The molecule has 0 aliphatic carbocycles. The van der Waals surface area contributed by atoms with Crippen LogP contribution < -0.4 is 0 Å². The van der Waals surface area contributed by atoms with Gasteiger partial charge < -0.3 is 0 Å². The Kier molecular flexibility index (Phi) is 6.44. The molecule has 0 bridgehead atoms. The Balaban J connectivity index is 0.000000487. The van der Waals surface area contributed by atoms with E-state index in [4.69, 9.17) is 0 Å². The van der Waals surface area contributed by atoms with Crippen molar-refractivity contribution in [2.75, 3.05) is 0 Å². The second-order valence-corrected chi connectivity index (χ2v) is 4.83. The van der Waals surface area contributed by atoms with Gasteiger partial charge in [-0.05, 0) is 22.9 Å². The normalized spacial score (nSPS) is 9.67. The molecule has 2 aromatic heterocycles. The minimum atomic E-state index is 0.912. The van der Waals surface area contributed by atoms with Crippen LogP contribution in [-0.2, 0) is 0 Å². The Morgan fingerprint density at radius 3 is 1.21 bits per heavy atom. The molecular weight excluding hydrogens is 292 g/mol. The molecule has 2 aromatic carbocycles. The number of fused-ring (bicyclic) bond motifs is 2. The van der Waals surface area contributed by atoms with Crippen molar-refractivity contribution in [3.05, 3.63) is 73.1 Å². The molecule has 0 atom stereocenters. The summed E-state index contributed by atoms with van der Waals surface area (Å²) in [6.07, 6.45) is 3.81. The summed E-state index contributed by atoms with van der Waals surface area (Å²) in [5.74, 6) is 0. The van der Waals surface area contributed by atoms with Crippen molar-refractivity contribution in [3.8, 4) is 11.4 Å². The number of rotatable bonds is 1. The Morgan fingerprint density at radius 1 is 0.500 bits per heavy atom. The van der Waals surface area contributed by atoms with E-state index in [1.807, 2.05) is 64.4 Å². The van der Waals surface area contributed by atoms with Crippen LogP contribution in [0, 0.1) is 0 Å². The van der Waals surface area contributed by atoms with Crippen LogP contribution in [0.3, 0.4) is 0 Å². The fraction of sp³-hybridized carbons (Fsp3) is 0.182. The van der Waals surface area contributed by atoms with Gasteiger partial charge in [0.15, 0.2) is 0 Å². The molecule has 0 fully saturated rings. The van der Waals surface area contributed by atoms with Crippen molar-refractivity contribution in [3.63, 3.8) is 0 Å². The zero-order chi connectivity index (χ0) is 17.4. The van der Waals surface area contributed by atoms with E-state index in [9.17, 15) is 0 Å². The number of pyridine rings is 2. The molecule has 0 aliphatic rings. The summed E-state index contributed by atoms with van der Waals surface area (Å²) in [5.41, 5.74) is 1.82. The van der Waals surface area contributed by atoms with Gasteiger partial charge in [-0.25, -0.2) is 0 Å². The predicted molar refractivity (Wildman–Crippen MR) is 105 cm³/mol. The summed E-state index contributed by atoms with van der Waals surface area (Å²) in [4.78, 5) is 9.04. The predicted octanol–water partition coefficient (Wildman–Crippen LogP) is 6.50. The third kappa shape index (κ3) is 3.77. The van der Waals surface area contributed by atoms with Crippen molar-refractivity contribution < 1.29 is 0 Å². The molecule has 0 amide bonds. The quantitative estimate of drug-likeness (QED) is 0.400. The maximum Gasteiger partial charge on any atom is 0.0892 e. The number of aromatic nitrogens is 2. The molecule has 4 aromatic rings. The second kappa shape index (κ2) is 8.78. The lowest BCUT2D eigenvalue weighted by atomic mass is 10.1. The van der Waals surface area contributed by atoms with Crippen LogP contribution in [0.15, 0.2) is 73.1 Å². The molecule has 0 saturated carbocycles. The molecule has 0 saturated heterocycles. The van der Waals surface area contributed by atoms with Crippen LogP contribution in [0.25, 0.3) is 32.9 Å². The van der Waals surface area contributed by atoms with Gasteiger partial charge >= 0.3 is 0 Å². The van der Waals surface area contributed by atoms with E-state index in [1.165, 1.54) is 10.8 Å². The smallest absolute Gasteiger partial charge is 0.0892 e. The fourth-order valence-corrected chi connectivity index (χ4v) is 2.45. The standard InChI is InChI=1S/C18H12N2.2C2H6/c1-3-7-15-11-19-17(9-13(15)5-1)18-10-14-6-2-4-8-16(14)12-20-18;2*1-2/h1-12H;2*1-2H3. The minimum Gasteiger partial charge on any atom is -0.254 e. The maximum absolute atomic E-state index is 4.52. The Hall–Kier alpha value is -2.74. The van der Waals surface area contributed by atoms with E-state index >= 15 is 0 Å². The number of benzene rings is 2. The summed E-state index contributed by atoms with van der Waals surface area (Å²) in [7, 11) is 0. The van der Waals surface area contributed by atoms with Crippen LogP contribution >= 0.6 is 0 Å². The van der Waals surface area contributed by atoms with Crippen molar-refractivity contribution in [2.45, 2.75) is 27.7 Å². The molecule has 0 spiro atoms. The zero-order valence-electron chi connectivity index (χ0n) is 14.8. The highest BCUT2D eigenvalue weighted by molar-refractivity contribution is 5.87. The molecule has 122 valence electrons. The summed E-state index contributed by atoms with van der Waals surface area (Å²) < 4.78 is 0. The Labute approximate surface area is 144 Å². The summed E-state index contributed by atoms with van der Waals surface area (Å²) in [6, 6.07) is 20.7. The van der Waals surface area contributed by atoms with E-state index in [0.717, 1.165) is 22.2 Å². The zero-order valence-corrected chi connectivity index (χ0v) is 14.8. The summed E-state index contributed by atoms with van der Waals surface area (Å²) >= 11 is 0. The van der Waals surface area contributed by atoms with E-state index in [1.54, 1.807) is 0 Å². The minimum absolute atomic E-state index is 0.912. The molecule has 0 aliphatic heterocycles. The summed E-state index contributed by atoms with van der Waals surface area (Å²) in [6.45, 7) is 8.00. The molecule has 0 radical (unpaired) electrons. The molecule has 2 nitrogen and oxygen atoms in total. The number of nitrogens with zero attached hydrogens (tertiary/aromatic N) is 2. The van der Waals surface area contributed by atoms with E-state index in [2.05, 4.69) is 46.4 Å². The molecule has 24 heavy (non-hydrogen) atoms. The maximum atomic E-state index is 4.52. The lowest BCUT2D eigenvalue weighted by molar-refractivity contribution is 1.28. The highest BCUT2D eigenvalue weighted by Crippen LogP contribution is 2.23. The molecule has 0 unspecified atom stereocenters. The second-order valence-electron chi connectivity index (χ2n) is 4.83. The third-order valence-electron chi connectivity index (χ3n) is 3.52. The first-order valence-corrected chi connectivity index (χ1v) is 8.60. The SMILES string of the molecule is CC.CC.c1ccc2cc(-c3cc4ccccc4cn3)ncc2c1. The van der Waals surface area contributed by atoms with Crippen molar-refractivity contribution in [1.29, 1.82) is 0 Å². The molecule has 4 rings (SSSR count). The van der Waals surface area contributed by atoms with Crippen LogP contribution in [-0.4, -0.2) is 9.97 Å². The third-order valence-corrected chi connectivity index (χ3v) is 3.52. The van der Waals surface area contributed by atoms with Gasteiger partial charge in [0.1, 0.15) is 0 Å². The van der Waals surface area contributed by atoms with Gasteiger partial charge in [0.25, 0.3) is 0 Å². The molecular formula is C22H24N2. The van der Waals surface area contributed by atoms with E-state index in [0.29, 0.717) is 0 Å². The Bertz CT molecular complexity index is 836. The summed E-state index contributed by atoms with van der Waals surface area (Å²) in [5, 5.41) is 4.67. The average Bonchev–Trinajstić information content (AvgIpc) is 2.70. The Morgan fingerprint density at radius 2 is 0.833 bits per heavy atom. The lowest BCUT2D eigenvalue weighted by Gasteiger charge is -2.04. The van der Waals surface area contributed by atoms with Gasteiger partial charge in [-0.2, -0.15) is 0 Å². The van der Waals surface area contributed by atoms with Gasteiger partial charge in [0, 0.05) is 23.2 Å². The van der Waals surface area contributed by atoms with Gasteiger partial charge in [0.05, 0.1) is 11.4 Å². The largest absolute Gasteiger partial charge is 0.254 e. The molecule has 0 N–H and O–H groups in total. The number of hydrogen-bond donors (Lipinski definition) is 0. The van der Waals surface area contributed by atoms with Gasteiger partial charge in [-0.1, -0.05) is 76.2 Å². The first-order valence-electron chi connectivity index (χ1n) is 8.60. The highest BCUT2D eigenvalue weighted by atomic mass is 14.8. The average molecular weight is 316 g/mol. The fourth-order valence-electron chi connectivity index (χ4n) is 2.45. The van der Waals surface area contributed by atoms with Gasteiger partial charge in [-0.3, -0.25) is 9.97 Å². The monoisotopic (exact) mass is 316 g/mol. The van der Waals surface area contributed by atoms with Crippen molar-refractivity contribution in [1.82, 2.24) is 9.97 Å². The molecule has 2 heteroatoms. The van der Waals surface area contributed by atoms with Crippen LogP contribution in [0.4, 0.5) is 0 Å². The van der Waals surface area contributed by atoms with Crippen LogP contribution in [0.2, 0.25) is 0 Å². The first kappa shape index (κ1) is 17.6. The van der Waals surface area contributed by atoms with Crippen molar-refractivity contribution in [2.24, 2.45) is 0 Å². The van der Waals surface area contributed by atoms with Gasteiger partial charge in [-0.15, -0.1) is 0 Å². The first-order chi connectivity index (χ1) is 11.9. The molecule has 2 heterocycles. The number of hydrogen-bond acceptors (Lipinski definition) is 2. The lowest BCUT2D eigenvalue weighted by Crippen LogP contribution is -1.88. The van der Waals surface area contributed by atoms with Gasteiger partial charge in [0.2, 0.25) is 0 Å².